The number of hydrogen-bond donors (Lipinski definition) is 0. The third-order valence-electron chi connectivity index (χ3n) is 3.97. The second kappa shape index (κ2) is 5.95. The zero-order chi connectivity index (χ0) is 12.4. The summed E-state index contributed by atoms with van der Waals surface area (Å²) in [6.07, 6.45) is 4.86. The zero-order valence-corrected chi connectivity index (χ0v) is 12.8. The van der Waals surface area contributed by atoms with Crippen molar-refractivity contribution < 1.29 is 0 Å². The van der Waals surface area contributed by atoms with Crippen molar-refractivity contribution in [1.29, 1.82) is 0 Å². The molecule has 1 heterocycles. The first-order valence-corrected chi connectivity index (χ1v) is 8.07. The third-order valence-corrected chi connectivity index (χ3v) is 5.79. The predicted molar refractivity (Wildman–Crippen MR) is 78.3 cm³/mol. The molecule has 17 heavy (non-hydrogen) atoms. The summed E-state index contributed by atoms with van der Waals surface area (Å²) >= 11 is 14.2. The topological polar surface area (TPSA) is 0 Å². The van der Waals surface area contributed by atoms with Gasteiger partial charge in [-0.2, -0.15) is 0 Å². The Balaban J connectivity index is 1.98. The quantitative estimate of drug-likeness (QED) is 0.634. The second-order valence-electron chi connectivity index (χ2n) is 5.50. The van der Waals surface area contributed by atoms with Crippen LogP contribution in [0.2, 0.25) is 4.34 Å². The van der Waals surface area contributed by atoms with E-state index < -0.39 is 0 Å². The lowest BCUT2D eigenvalue weighted by atomic mass is 9.75. The van der Waals surface area contributed by atoms with Gasteiger partial charge in [0, 0.05) is 10.3 Å². The molecule has 0 nitrogen and oxygen atoms in total. The van der Waals surface area contributed by atoms with Gasteiger partial charge in [0.2, 0.25) is 0 Å². The molecule has 1 aromatic heterocycles. The van der Waals surface area contributed by atoms with Crippen LogP contribution in [-0.2, 0) is 6.42 Å². The summed E-state index contributed by atoms with van der Waals surface area (Å²) in [5.41, 5.74) is 0. The molecule has 2 rings (SSSR count). The van der Waals surface area contributed by atoms with Gasteiger partial charge in [-0.1, -0.05) is 25.4 Å². The molecule has 0 spiro atoms. The molecule has 1 aliphatic carbocycles. The van der Waals surface area contributed by atoms with Crippen LogP contribution in [0.25, 0.3) is 0 Å². The monoisotopic (exact) mass is 290 g/mol. The van der Waals surface area contributed by atoms with Crippen LogP contribution in [0.3, 0.4) is 0 Å². The molecule has 3 atom stereocenters. The molecule has 0 radical (unpaired) electrons. The van der Waals surface area contributed by atoms with Gasteiger partial charge < -0.3 is 0 Å². The summed E-state index contributed by atoms with van der Waals surface area (Å²) in [7, 11) is 0. The Morgan fingerprint density at radius 1 is 1.35 bits per heavy atom. The summed E-state index contributed by atoms with van der Waals surface area (Å²) in [6, 6.07) is 4.14. The van der Waals surface area contributed by atoms with Gasteiger partial charge >= 0.3 is 0 Å². The molecular formula is C14H20Cl2S. The highest BCUT2D eigenvalue weighted by molar-refractivity contribution is 7.16. The Morgan fingerprint density at radius 2 is 2.12 bits per heavy atom. The molecule has 1 fully saturated rings. The first kappa shape index (κ1) is 13.7. The summed E-state index contributed by atoms with van der Waals surface area (Å²) < 4.78 is 0.891. The lowest BCUT2D eigenvalue weighted by molar-refractivity contribution is 0.218. The molecule has 1 saturated carbocycles. The Kier molecular flexibility index (Phi) is 4.80. The van der Waals surface area contributed by atoms with Gasteiger partial charge in [-0.05, 0) is 55.6 Å². The van der Waals surface area contributed by atoms with E-state index in [1.807, 2.05) is 6.07 Å². The maximum Gasteiger partial charge on any atom is 0.0931 e. The van der Waals surface area contributed by atoms with Crippen molar-refractivity contribution >= 4 is 34.5 Å². The van der Waals surface area contributed by atoms with E-state index >= 15 is 0 Å². The Hall–Kier alpha value is 0.280. The van der Waals surface area contributed by atoms with E-state index in [2.05, 4.69) is 19.9 Å². The molecule has 1 aromatic rings. The van der Waals surface area contributed by atoms with Gasteiger partial charge in [-0.3, -0.25) is 0 Å². The molecule has 3 heteroatoms. The Bertz CT molecular complexity index is 359. The molecule has 0 amide bonds. The first-order valence-electron chi connectivity index (χ1n) is 6.44. The highest BCUT2D eigenvalue weighted by Crippen LogP contribution is 2.39. The lowest BCUT2D eigenvalue weighted by Crippen LogP contribution is -2.29. The average molecular weight is 291 g/mol. The van der Waals surface area contributed by atoms with Crippen LogP contribution in [0.5, 0.6) is 0 Å². The minimum absolute atomic E-state index is 0.353. The Labute approximate surface area is 118 Å². The molecule has 0 N–H and O–H groups in total. The summed E-state index contributed by atoms with van der Waals surface area (Å²) in [5.74, 6) is 2.27. The van der Waals surface area contributed by atoms with E-state index in [1.165, 1.54) is 24.1 Å². The Morgan fingerprint density at radius 3 is 2.71 bits per heavy atom. The standard InChI is InChI=1S/C14H20Cl2S/c1-9(2)10-3-5-13(15)11(7-10)8-12-4-6-14(16)17-12/h4,6,9-11,13H,3,5,7-8H2,1-2H3. The molecule has 3 unspecified atom stereocenters. The molecule has 0 bridgehead atoms. The van der Waals surface area contributed by atoms with Gasteiger partial charge in [0.25, 0.3) is 0 Å². The maximum absolute atomic E-state index is 6.48. The zero-order valence-electron chi connectivity index (χ0n) is 10.5. The SMILES string of the molecule is CC(C)C1CCC(Cl)C(Cc2ccc(Cl)s2)C1. The maximum atomic E-state index is 6.48. The van der Waals surface area contributed by atoms with Crippen LogP contribution in [-0.4, -0.2) is 5.38 Å². The van der Waals surface area contributed by atoms with E-state index in [0.717, 1.165) is 22.6 Å². The molecule has 0 saturated heterocycles. The van der Waals surface area contributed by atoms with Gasteiger partial charge in [0.1, 0.15) is 0 Å². The van der Waals surface area contributed by atoms with Crippen molar-refractivity contribution in [3.63, 3.8) is 0 Å². The van der Waals surface area contributed by atoms with Gasteiger partial charge in [0.05, 0.1) is 4.34 Å². The number of halogens is 2. The average Bonchev–Trinajstić information content (AvgIpc) is 2.67. The molecule has 96 valence electrons. The van der Waals surface area contributed by atoms with Crippen molar-refractivity contribution in [2.24, 2.45) is 17.8 Å². The minimum atomic E-state index is 0.353. The van der Waals surface area contributed by atoms with E-state index in [0.29, 0.717) is 11.3 Å². The second-order valence-corrected chi connectivity index (χ2v) is 7.86. The van der Waals surface area contributed by atoms with E-state index in [9.17, 15) is 0 Å². The fourth-order valence-corrected chi connectivity index (χ4v) is 4.30. The predicted octanol–water partition coefficient (Wildman–Crippen LogP) is 5.62. The number of thiophene rings is 1. The smallest absolute Gasteiger partial charge is 0.0931 e. The molecular weight excluding hydrogens is 271 g/mol. The highest BCUT2D eigenvalue weighted by Gasteiger charge is 2.30. The van der Waals surface area contributed by atoms with Gasteiger partial charge in [0.15, 0.2) is 0 Å². The summed E-state index contributed by atoms with van der Waals surface area (Å²) in [6.45, 7) is 4.66. The molecule has 1 aliphatic rings. The van der Waals surface area contributed by atoms with Crippen molar-refractivity contribution in [1.82, 2.24) is 0 Å². The number of rotatable bonds is 3. The summed E-state index contributed by atoms with van der Waals surface area (Å²) in [5, 5.41) is 0.353. The molecule has 0 aliphatic heterocycles. The number of hydrogen-bond acceptors (Lipinski definition) is 1. The fraction of sp³-hybridized carbons (Fsp3) is 0.714. The normalized spacial score (nSPS) is 29.8. The van der Waals surface area contributed by atoms with Crippen molar-refractivity contribution in [3.8, 4) is 0 Å². The fourth-order valence-electron chi connectivity index (χ4n) is 2.80. The van der Waals surface area contributed by atoms with Crippen LogP contribution < -0.4 is 0 Å². The van der Waals surface area contributed by atoms with Crippen LogP contribution >= 0.6 is 34.5 Å². The van der Waals surface area contributed by atoms with Gasteiger partial charge in [-0.25, -0.2) is 0 Å². The lowest BCUT2D eigenvalue weighted by Gasteiger charge is -2.35. The minimum Gasteiger partial charge on any atom is -0.128 e. The van der Waals surface area contributed by atoms with Crippen molar-refractivity contribution in [3.05, 3.63) is 21.3 Å². The largest absolute Gasteiger partial charge is 0.128 e. The highest BCUT2D eigenvalue weighted by atomic mass is 35.5. The van der Waals surface area contributed by atoms with Crippen molar-refractivity contribution in [2.45, 2.75) is 44.9 Å². The number of alkyl halides is 1. The van der Waals surface area contributed by atoms with Crippen LogP contribution in [0.4, 0.5) is 0 Å². The van der Waals surface area contributed by atoms with Crippen LogP contribution in [0, 0.1) is 17.8 Å². The van der Waals surface area contributed by atoms with Crippen molar-refractivity contribution in [2.75, 3.05) is 0 Å². The first-order chi connectivity index (χ1) is 8.06. The van der Waals surface area contributed by atoms with E-state index in [1.54, 1.807) is 11.3 Å². The van der Waals surface area contributed by atoms with E-state index in [4.69, 9.17) is 23.2 Å². The molecule has 0 aromatic carbocycles. The van der Waals surface area contributed by atoms with E-state index in [-0.39, 0.29) is 0 Å². The van der Waals surface area contributed by atoms with Crippen LogP contribution in [0.1, 0.15) is 38.0 Å². The third kappa shape index (κ3) is 3.62. The van der Waals surface area contributed by atoms with Gasteiger partial charge in [-0.15, -0.1) is 22.9 Å². The van der Waals surface area contributed by atoms with Crippen LogP contribution in [0.15, 0.2) is 12.1 Å². The summed E-state index contributed by atoms with van der Waals surface area (Å²) in [4.78, 5) is 1.38.